The van der Waals surface area contributed by atoms with Crippen molar-refractivity contribution < 1.29 is 4.79 Å². The molecule has 3 rings (SSSR count). The van der Waals surface area contributed by atoms with Gasteiger partial charge in [-0.25, -0.2) is 9.97 Å². The molecule has 0 saturated heterocycles. The Morgan fingerprint density at radius 1 is 1.20 bits per heavy atom. The van der Waals surface area contributed by atoms with Crippen LogP contribution in [0.25, 0.3) is 0 Å². The van der Waals surface area contributed by atoms with E-state index in [1.807, 2.05) is 19.9 Å². The Morgan fingerprint density at radius 2 is 1.96 bits per heavy atom. The Bertz CT molecular complexity index is 633. The molecule has 4 nitrogen and oxygen atoms in total. The van der Waals surface area contributed by atoms with Gasteiger partial charge >= 0.3 is 0 Å². The van der Waals surface area contributed by atoms with Crippen LogP contribution in [0.5, 0.6) is 0 Å². The number of thioether (sulfide) groups is 1. The molecule has 2 aliphatic rings. The highest BCUT2D eigenvalue weighted by Gasteiger charge is 2.42. The Hall–Kier alpha value is -1.10. The summed E-state index contributed by atoms with van der Waals surface area (Å²) in [6, 6.07) is 2.25. The maximum Gasteiger partial charge on any atom is 0.233 e. The zero-order valence-electron chi connectivity index (χ0n) is 16.1. The fourth-order valence-corrected chi connectivity index (χ4v) is 5.39. The molecule has 0 aromatic carbocycles. The van der Waals surface area contributed by atoms with Gasteiger partial charge in [0.25, 0.3) is 0 Å². The van der Waals surface area contributed by atoms with Crippen molar-refractivity contribution in [1.82, 2.24) is 15.3 Å². The van der Waals surface area contributed by atoms with E-state index in [1.54, 1.807) is 0 Å². The number of amides is 1. The van der Waals surface area contributed by atoms with Crippen LogP contribution in [0.3, 0.4) is 0 Å². The van der Waals surface area contributed by atoms with Crippen molar-refractivity contribution in [3.8, 4) is 0 Å². The first-order chi connectivity index (χ1) is 11.8. The number of carbonyl (C=O) groups is 1. The van der Waals surface area contributed by atoms with E-state index >= 15 is 0 Å². The van der Waals surface area contributed by atoms with Gasteiger partial charge in [0.05, 0.1) is 5.25 Å². The molecule has 1 aromatic heterocycles. The lowest BCUT2D eigenvalue weighted by Crippen LogP contribution is -2.43. The largest absolute Gasteiger partial charge is 0.352 e. The molecule has 1 amide bonds. The first-order valence-corrected chi connectivity index (χ1v) is 10.5. The summed E-state index contributed by atoms with van der Waals surface area (Å²) in [5.74, 6) is 3.70. The van der Waals surface area contributed by atoms with E-state index in [0.717, 1.165) is 28.4 Å². The lowest BCUT2D eigenvalue weighted by Gasteiger charge is -2.29. The van der Waals surface area contributed by atoms with Crippen molar-refractivity contribution in [3.05, 3.63) is 17.6 Å². The van der Waals surface area contributed by atoms with E-state index in [4.69, 9.17) is 0 Å². The van der Waals surface area contributed by atoms with Gasteiger partial charge in [-0.15, -0.1) is 0 Å². The van der Waals surface area contributed by atoms with Crippen LogP contribution in [-0.4, -0.2) is 27.2 Å². The summed E-state index contributed by atoms with van der Waals surface area (Å²) in [5.41, 5.74) is 0.962. The first kappa shape index (κ1) is 18.7. The minimum atomic E-state index is -0.143. The molecule has 5 atom stereocenters. The Labute approximate surface area is 156 Å². The van der Waals surface area contributed by atoms with Crippen molar-refractivity contribution in [1.29, 1.82) is 0 Å². The van der Waals surface area contributed by atoms with Crippen molar-refractivity contribution in [2.75, 3.05) is 0 Å². The maximum absolute atomic E-state index is 12.6. The van der Waals surface area contributed by atoms with Gasteiger partial charge in [-0.2, -0.15) is 0 Å². The Kier molecular flexibility index (Phi) is 5.71. The molecule has 2 aliphatic carbocycles. The second-order valence-corrected chi connectivity index (χ2v) is 9.62. The summed E-state index contributed by atoms with van der Waals surface area (Å²) in [4.78, 5) is 21.7. The van der Waals surface area contributed by atoms with Crippen LogP contribution in [0, 0.1) is 24.7 Å². The number of fused-ring (bicyclic) bond motifs is 2. The lowest BCUT2D eigenvalue weighted by atomic mass is 9.84. The fraction of sp³-hybridized carbons (Fsp3) is 0.750. The predicted molar refractivity (Wildman–Crippen MR) is 103 cm³/mol. The highest BCUT2D eigenvalue weighted by molar-refractivity contribution is 8.00. The molecule has 2 bridgehead atoms. The monoisotopic (exact) mass is 361 g/mol. The van der Waals surface area contributed by atoms with Crippen LogP contribution in [-0.2, 0) is 4.79 Å². The van der Waals surface area contributed by atoms with Gasteiger partial charge in [-0.1, -0.05) is 32.0 Å². The molecule has 0 radical (unpaired) electrons. The van der Waals surface area contributed by atoms with Gasteiger partial charge in [-0.3, -0.25) is 4.79 Å². The van der Waals surface area contributed by atoms with E-state index in [-0.39, 0.29) is 17.2 Å². The quantitative estimate of drug-likeness (QED) is 0.605. The third kappa shape index (κ3) is 4.36. The van der Waals surface area contributed by atoms with E-state index < -0.39 is 0 Å². The van der Waals surface area contributed by atoms with Crippen LogP contribution in [0.15, 0.2) is 11.1 Å². The van der Waals surface area contributed by atoms with Gasteiger partial charge < -0.3 is 5.32 Å². The molecule has 5 heteroatoms. The number of nitrogens with one attached hydrogen (secondary N) is 1. The van der Waals surface area contributed by atoms with Gasteiger partial charge in [0.1, 0.15) is 10.9 Å². The van der Waals surface area contributed by atoms with Crippen LogP contribution < -0.4 is 5.32 Å². The van der Waals surface area contributed by atoms with Gasteiger partial charge in [0.15, 0.2) is 0 Å². The zero-order chi connectivity index (χ0) is 18.1. The molecule has 1 heterocycles. The molecule has 1 aromatic rings. The summed E-state index contributed by atoms with van der Waals surface area (Å²) in [5, 5.41) is 4.03. The third-order valence-corrected chi connectivity index (χ3v) is 6.85. The topological polar surface area (TPSA) is 54.9 Å². The summed E-state index contributed by atoms with van der Waals surface area (Å²) in [6.07, 6.45) is 5.45. The lowest BCUT2D eigenvalue weighted by molar-refractivity contribution is -0.121. The van der Waals surface area contributed by atoms with E-state index in [1.165, 1.54) is 37.4 Å². The molecule has 2 saturated carbocycles. The number of hydrogen-bond acceptors (Lipinski definition) is 4. The average molecular weight is 362 g/mol. The van der Waals surface area contributed by atoms with Gasteiger partial charge in [0.2, 0.25) is 5.91 Å². The fourth-order valence-electron chi connectivity index (χ4n) is 4.47. The molecule has 0 spiro atoms. The molecule has 25 heavy (non-hydrogen) atoms. The summed E-state index contributed by atoms with van der Waals surface area (Å²) in [7, 11) is 0. The van der Waals surface area contributed by atoms with Crippen LogP contribution in [0.2, 0.25) is 0 Å². The molecule has 1 N–H and O–H groups in total. The predicted octanol–water partition coefficient (Wildman–Crippen LogP) is 4.33. The van der Waals surface area contributed by atoms with Crippen molar-refractivity contribution in [2.24, 2.45) is 17.8 Å². The SMILES string of the molecule is Cc1cc(S[C@H](C)C(=O)N[C@@H](C)[C@H]2C[C@H]3CC[C@H]2C3)nc(C(C)C)n1. The number of rotatable bonds is 6. The first-order valence-electron chi connectivity index (χ1n) is 9.66. The van der Waals surface area contributed by atoms with E-state index in [9.17, 15) is 4.79 Å². The number of carbonyl (C=O) groups excluding carboxylic acids is 1. The minimum Gasteiger partial charge on any atom is -0.352 e. The van der Waals surface area contributed by atoms with Crippen molar-refractivity contribution in [3.63, 3.8) is 0 Å². The number of aromatic nitrogens is 2. The van der Waals surface area contributed by atoms with Gasteiger partial charge in [-0.05, 0) is 63.9 Å². The van der Waals surface area contributed by atoms with Gasteiger partial charge in [0, 0.05) is 17.7 Å². The Morgan fingerprint density at radius 3 is 2.56 bits per heavy atom. The Balaban J connectivity index is 1.57. The second kappa shape index (κ2) is 7.65. The molecule has 2 fully saturated rings. The standard InChI is InChI=1S/C20H31N3OS/c1-11(2)19-21-12(3)8-18(23-19)25-14(5)20(24)22-13(4)17-10-15-6-7-16(17)9-15/h8,11,13-17H,6-7,9-10H2,1-5H3,(H,22,24)/t13-,14+,15-,16-,17+/m0/s1. The highest BCUT2D eigenvalue weighted by Crippen LogP contribution is 2.49. The van der Waals surface area contributed by atoms with Crippen molar-refractivity contribution >= 4 is 17.7 Å². The van der Waals surface area contributed by atoms with Crippen LogP contribution in [0.1, 0.15) is 70.8 Å². The molecular weight excluding hydrogens is 330 g/mol. The molecule has 138 valence electrons. The summed E-state index contributed by atoms with van der Waals surface area (Å²) < 4.78 is 0. The molecule has 0 unspecified atom stereocenters. The highest BCUT2D eigenvalue weighted by atomic mass is 32.2. The average Bonchev–Trinajstić information content (AvgIpc) is 3.17. The maximum atomic E-state index is 12.6. The molecule has 0 aliphatic heterocycles. The molecular formula is C20H31N3OS. The smallest absolute Gasteiger partial charge is 0.233 e. The number of aryl methyl sites for hydroxylation is 1. The number of hydrogen-bond donors (Lipinski definition) is 1. The van der Waals surface area contributed by atoms with E-state index in [2.05, 4.69) is 36.1 Å². The zero-order valence-corrected chi connectivity index (χ0v) is 16.9. The third-order valence-electron chi connectivity index (χ3n) is 5.84. The van der Waals surface area contributed by atoms with Crippen LogP contribution >= 0.6 is 11.8 Å². The van der Waals surface area contributed by atoms with E-state index in [0.29, 0.717) is 11.8 Å². The normalized spacial score (nSPS) is 27.5. The summed E-state index contributed by atoms with van der Waals surface area (Å²) >= 11 is 1.53. The summed E-state index contributed by atoms with van der Waals surface area (Å²) in [6.45, 7) is 10.3. The number of nitrogens with zero attached hydrogens (tertiary/aromatic N) is 2. The van der Waals surface area contributed by atoms with Crippen molar-refractivity contribution in [2.45, 2.75) is 82.5 Å². The van der Waals surface area contributed by atoms with Crippen LogP contribution in [0.4, 0.5) is 0 Å². The second-order valence-electron chi connectivity index (χ2n) is 8.26. The minimum absolute atomic E-state index is 0.127.